The molecule has 0 amide bonds. The molecule has 6 heteroatoms. The minimum Gasteiger partial charge on any atom is -0.357 e. The fourth-order valence-corrected chi connectivity index (χ4v) is 3.29. The molecule has 1 fully saturated rings. The molecule has 0 radical (unpaired) electrons. The normalized spacial score (nSPS) is 14.4. The van der Waals surface area contributed by atoms with E-state index >= 15 is 0 Å². The first-order valence-electron chi connectivity index (χ1n) is 9.71. The summed E-state index contributed by atoms with van der Waals surface area (Å²) in [4.78, 5) is 11.6. The lowest BCUT2D eigenvalue weighted by atomic mass is 10.1. The molecule has 2 aromatic rings. The van der Waals surface area contributed by atoms with Gasteiger partial charge in [0.2, 0.25) is 0 Å². The van der Waals surface area contributed by atoms with E-state index in [1.54, 1.807) is 0 Å². The molecule has 5 nitrogen and oxygen atoms in total. The van der Waals surface area contributed by atoms with E-state index in [0.29, 0.717) is 6.54 Å². The fraction of sp³-hybridized carbons (Fsp3) is 0.429. The maximum atomic E-state index is 5.94. The first-order chi connectivity index (χ1) is 13.2. The predicted octanol–water partition coefficient (Wildman–Crippen LogP) is 3.63. The Balaban J connectivity index is 1.55. The Labute approximate surface area is 166 Å². The van der Waals surface area contributed by atoms with Gasteiger partial charge in [-0.15, -0.1) is 0 Å². The lowest BCUT2D eigenvalue weighted by molar-refractivity contribution is 0.799. The highest BCUT2D eigenvalue weighted by molar-refractivity contribution is 6.30. The van der Waals surface area contributed by atoms with Crippen molar-refractivity contribution in [2.75, 3.05) is 31.1 Å². The second-order valence-corrected chi connectivity index (χ2v) is 7.15. The Morgan fingerprint density at radius 1 is 1.11 bits per heavy atom. The number of benzene rings is 1. The third-order valence-corrected chi connectivity index (χ3v) is 4.88. The van der Waals surface area contributed by atoms with Gasteiger partial charge in [0.25, 0.3) is 0 Å². The van der Waals surface area contributed by atoms with Crippen LogP contribution in [0.3, 0.4) is 0 Å². The molecule has 0 saturated carbocycles. The molecule has 0 bridgehead atoms. The molecule has 0 spiro atoms. The number of rotatable bonds is 7. The van der Waals surface area contributed by atoms with E-state index in [4.69, 9.17) is 16.6 Å². The van der Waals surface area contributed by atoms with E-state index in [-0.39, 0.29) is 0 Å². The van der Waals surface area contributed by atoms with Crippen molar-refractivity contribution in [3.05, 3.63) is 58.7 Å². The lowest BCUT2D eigenvalue weighted by Gasteiger charge is -2.16. The van der Waals surface area contributed by atoms with Crippen LogP contribution >= 0.6 is 11.6 Å². The standard InChI is InChI=1S/C21H28ClN5/c1-2-23-21(25-12-9-17-5-7-19(22)8-6-17)26-16-18-10-11-24-20(15-18)27-13-3-4-14-27/h5-8,10-11,15H,2-4,9,12-14,16H2,1H3,(H2,23,25,26). The number of pyridine rings is 1. The average Bonchev–Trinajstić information content (AvgIpc) is 3.23. The van der Waals surface area contributed by atoms with Crippen molar-refractivity contribution in [1.82, 2.24) is 15.6 Å². The maximum Gasteiger partial charge on any atom is 0.191 e. The maximum absolute atomic E-state index is 5.94. The lowest BCUT2D eigenvalue weighted by Crippen LogP contribution is -2.38. The summed E-state index contributed by atoms with van der Waals surface area (Å²) in [6, 6.07) is 12.2. The van der Waals surface area contributed by atoms with Crippen LogP contribution in [0.15, 0.2) is 47.6 Å². The van der Waals surface area contributed by atoms with Gasteiger partial charge in [-0.1, -0.05) is 23.7 Å². The molecule has 0 atom stereocenters. The van der Waals surface area contributed by atoms with Gasteiger partial charge in [0.05, 0.1) is 6.54 Å². The van der Waals surface area contributed by atoms with E-state index < -0.39 is 0 Å². The summed E-state index contributed by atoms with van der Waals surface area (Å²) in [5, 5.41) is 7.48. The molecule has 2 N–H and O–H groups in total. The molecule has 27 heavy (non-hydrogen) atoms. The van der Waals surface area contributed by atoms with Gasteiger partial charge in [-0.05, 0) is 61.6 Å². The zero-order chi connectivity index (χ0) is 18.9. The second-order valence-electron chi connectivity index (χ2n) is 6.71. The number of hydrogen-bond donors (Lipinski definition) is 2. The van der Waals surface area contributed by atoms with Crippen LogP contribution in [-0.2, 0) is 13.0 Å². The molecule has 1 aliphatic rings. The molecule has 1 saturated heterocycles. The highest BCUT2D eigenvalue weighted by Gasteiger charge is 2.13. The molecule has 0 aliphatic carbocycles. The Bertz CT molecular complexity index is 738. The quantitative estimate of drug-likeness (QED) is 0.564. The van der Waals surface area contributed by atoms with Crippen LogP contribution in [0, 0.1) is 0 Å². The third-order valence-electron chi connectivity index (χ3n) is 4.62. The van der Waals surface area contributed by atoms with E-state index in [9.17, 15) is 0 Å². The van der Waals surface area contributed by atoms with Crippen LogP contribution in [0.5, 0.6) is 0 Å². The molecule has 1 aromatic carbocycles. The molecular formula is C21H28ClN5. The van der Waals surface area contributed by atoms with Crippen molar-refractivity contribution < 1.29 is 0 Å². The molecular weight excluding hydrogens is 358 g/mol. The van der Waals surface area contributed by atoms with Gasteiger partial charge in [-0.2, -0.15) is 0 Å². The minimum atomic E-state index is 0.639. The monoisotopic (exact) mass is 385 g/mol. The smallest absolute Gasteiger partial charge is 0.191 e. The van der Waals surface area contributed by atoms with E-state index in [0.717, 1.165) is 49.4 Å². The highest BCUT2D eigenvalue weighted by atomic mass is 35.5. The number of nitrogens with zero attached hydrogens (tertiary/aromatic N) is 3. The van der Waals surface area contributed by atoms with Gasteiger partial charge in [0.15, 0.2) is 5.96 Å². The van der Waals surface area contributed by atoms with Gasteiger partial charge in [0, 0.05) is 37.4 Å². The Hall–Kier alpha value is -2.27. The Morgan fingerprint density at radius 3 is 2.63 bits per heavy atom. The summed E-state index contributed by atoms with van der Waals surface area (Å²) in [6.07, 6.45) is 5.33. The summed E-state index contributed by atoms with van der Waals surface area (Å²) in [6.45, 7) is 6.59. The molecule has 144 valence electrons. The summed E-state index contributed by atoms with van der Waals surface area (Å²) in [5.74, 6) is 1.91. The van der Waals surface area contributed by atoms with Gasteiger partial charge >= 0.3 is 0 Å². The summed E-state index contributed by atoms with van der Waals surface area (Å²) >= 11 is 5.94. The topological polar surface area (TPSA) is 52.6 Å². The summed E-state index contributed by atoms with van der Waals surface area (Å²) < 4.78 is 0. The van der Waals surface area contributed by atoms with Gasteiger partial charge in [0.1, 0.15) is 5.82 Å². The number of guanidine groups is 1. The SMILES string of the molecule is CCNC(=NCc1ccnc(N2CCCC2)c1)NCCc1ccc(Cl)cc1. The largest absolute Gasteiger partial charge is 0.357 e. The van der Waals surface area contributed by atoms with Crippen LogP contribution in [0.25, 0.3) is 0 Å². The number of nitrogens with one attached hydrogen (secondary N) is 2. The molecule has 3 rings (SSSR count). The van der Waals surface area contributed by atoms with Crippen molar-refractivity contribution in [2.24, 2.45) is 4.99 Å². The van der Waals surface area contributed by atoms with Gasteiger partial charge in [-0.3, -0.25) is 0 Å². The van der Waals surface area contributed by atoms with Gasteiger partial charge < -0.3 is 15.5 Å². The van der Waals surface area contributed by atoms with Crippen LogP contribution < -0.4 is 15.5 Å². The van der Waals surface area contributed by atoms with Crippen LogP contribution in [-0.4, -0.2) is 37.1 Å². The number of aromatic nitrogens is 1. The predicted molar refractivity (Wildman–Crippen MR) is 114 cm³/mol. The van der Waals surface area contributed by atoms with Crippen molar-refractivity contribution in [3.8, 4) is 0 Å². The number of aliphatic imine (C=N–C) groups is 1. The van der Waals surface area contributed by atoms with Gasteiger partial charge in [-0.25, -0.2) is 9.98 Å². The summed E-state index contributed by atoms with van der Waals surface area (Å²) in [5.41, 5.74) is 2.44. The number of halogens is 1. The van der Waals surface area contributed by atoms with E-state index in [1.807, 2.05) is 24.4 Å². The van der Waals surface area contributed by atoms with Crippen LogP contribution in [0.1, 0.15) is 30.9 Å². The van der Waals surface area contributed by atoms with Crippen molar-refractivity contribution in [3.63, 3.8) is 0 Å². The number of hydrogen-bond acceptors (Lipinski definition) is 3. The Morgan fingerprint density at radius 2 is 1.89 bits per heavy atom. The molecule has 0 unspecified atom stereocenters. The molecule has 2 heterocycles. The average molecular weight is 386 g/mol. The van der Waals surface area contributed by atoms with Crippen LogP contribution in [0.2, 0.25) is 5.02 Å². The molecule has 1 aliphatic heterocycles. The minimum absolute atomic E-state index is 0.639. The molecule has 1 aromatic heterocycles. The zero-order valence-electron chi connectivity index (χ0n) is 15.9. The van der Waals surface area contributed by atoms with Crippen molar-refractivity contribution >= 4 is 23.4 Å². The van der Waals surface area contributed by atoms with E-state index in [2.05, 4.69) is 45.6 Å². The van der Waals surface area contributed by atoms with Crippen molar-refractivity contribution in [2.45, 2.75) is 32.7 Å². The summed E-state index contributed by atoms with van der Waals surface area (Å²) in [7, 11) is 0. The zero-order valence-corrected chi connectivity index (χ0v) is 16.7. The first kappa shape index (κ1) is 19.5. The number of anilines is 1. The first-order valence-corrected chi connectivity index (χ1v) is 10.1. The Kier molecular flexibility index (Phi) is 7.34. The highest BCUT2D eigenvalue weighted by Crippen LogP contribution is 2.18. The van der Waals surface area contributed by atoms with Crippen LogP contribution in [0.4, 0.5) is 5.82 Å². The second kappa shape index (κ2) is 10.2. The third kappa shape index (κ3) is 6.14. The van der Waals surface area contributed by atoms with Crippen molar-refractivity contribution in [1.29, 1.82) is 0 Å². The van der Waals surface area contributed by atoms with E-state index in [1.165, 1.54) is 24.0 Å². The fourth-order valence-electron chi connectivity index (χ4n) is 3.17.